The average molecular weight is 378 g/mol. The van der Waals surface area contributed by atoms with Crippen LogP contribution in [-0.2, 0) is 23.1 Å². The zero-order chi connectivity index (χ0) is 20.1. The van der Waals surface area contributed by atoms with Crippen LogP contribution in [0.15, 0.2) is 46.9 Å². The van der Waals surface area contributed by atoms with Gasteiger partial charge in [0.05, 0.1) is 0 Å². The molecular formula is C25H31NO2. The van der Waals surface area contributed by atoms with Crippen LogP contribution in [0.3, 0.4) is 0 Å². The first-order valence-corrected chi connectivity index (χ1v) is 10.3. The Bertz CT molecular complexity index is 929. The fourth-order valence-electron chi connectivity index (χ4n) is 3.36. The first-order chi connectivity index (χ1) is 13.3. The minimum absolute atomic E-state index is 0.0944. The third kappa shape index (κ3) is 5.31. The molecule has 1 aromatic heterocycles. The molecule has 0 fully saturated rings. The smallest absolute Gasteiger partial charge is 0.199 e. The molecule has 0 saturated carbocycles. The third-order valence-electron chi connectivity index (χ3n) is 5.14. The summed E-state index contributed by atoms with van der Waals surface area (Å²) in [5.41, 5.74) is 5.32. The standard InChI is InChI=1S/C25H31NO2/c1-5-6-7-8-21(27)15-18-9-11-19(12-10-18)16-24-26-22-17-20(25(2,3)4)13-14-23(22)28-24/h9-14,17H,5-8,15-16H2,1-4H3. The van der Waals surface area contributed by atoms with Crippen LogP contribution < -0.4 is 0 Å². The van der Waals surface area contributed by atoms with Crippen molar-refractivity contribution in [2.75, 3.05) is 0 Å². The zero-order valence-electron chi connectivity index (χ0n) is 17.5. The number of ketones is 1. The van der Waals surface area contributed by atoms with Crippen LogP contribution in [0.5, 0.6) is 0 Å². The Balaban J connectivity index is 1.64. The number of rotatable bonds is 8. The summed E-state index contributed by atoms with van der Waals surface area (Å²) in [6.45, 7) is 8.76. The molecule has 0 saturated heterocycles. The molecule has 0 radical (unpaired) electrons. The van der Waals surface area contributed by atoms with Gasteiger partial charge >= 0.3 is 0 Å². The van der Waals surface area contributed by atoms with Crippen LogP contribution in [0, 0.1) is 0 Å². The molecule has 1 heterocycles. The van der Waals surface area contributed by atoms with Gasteiger partial charge in [0, 0.05) is 19.3 Å². The van der Waals surface area contributed by atoms with Crippen LogP contribution in [0.1, 0.15) is 76.0 Å². The molecule has 0 N–H and O–H groups in total. The molecule has 0 spiro atoms. The van der Waals surface area contributed by atoms with E-state index in [0.29, 0.717) is 25.0 Å². The van der Waals surface area contributed by atoms with Gasteiger partial charge in [0.1, 0.15) is 11.3 Å². The second kappa shape index (κ2) is 8.72. The van der Waals surface area contributed by atoms with Crippen LogP contribution >= 0.6 is 0 Å². The molecule has 3 heteroatoms. The van der Waals surface area contributed by atoms with Gasteiger partial charge in [0.25, 0.3) is 0 Å². The Morgan fingerprint density at radius 3 is 2.39 bits per heavy atom. The normalized spacial score (nSPS) is 11.9. The Hall–Kier alpha value is -2.42. The lowest BCUT2D eigenvalue weighted by molar-refractivity contribution is -0.118. The quantitative estimate of drug-likeness (QED) is 0.426. The molecule has 0 bridgehead atoms. The maximum atomic E-state index is 12.0. The van der Waals surface area contributed by atoms with E-state index in [2.05, 4.69) is 56.9 Å². The molecule has 3 rings (SSSR count). The van der Waals surface area contributed by atoms with Crippen molar-refractivity contribution in [3.63, 3.8) is 0 Å². The summed E-state index contributed by atoms with van der Waals surface area (Å²) < 4.78 is 5.92. The highest BCUT2D eigenvalue weighted by atomic mass is 16.3. The lowest BCUT2D eigenvalue weighted by atomic mass is 9.87. The summed E-state index contributed by atoms with van der Waals surface area (Å²) >= 11 is 0. The lowest BCUT2D eigenvalue weighted by Gasteiger charge is -2.18. The van der Waals surface area contributed by atoms with Gasteiger partial charge in [-0.2, -0.15) is 0 Å². The maximum absolute atomic E-state index is 12.0. The predicted molar refractivity (Wildman–Crippen MR) is 115 cm³/mol. The van der Waals surface area contributed by atoms with E-state index < -0.39 is 0 Å². The van der Waals surface area contributed by atoms with Crippen molar-refractivity contribution < 1.29 is 9.21 Å². The predicted octanol–water partition coefficient (Wildman–Crippen LogP) is 6.41. The molecule has 0 aliphatic carbocycles. The van der Waals surface area contributed by atoms with Crippen molar-refractivity contribution >= 4 is 16.9 Å². The van der Waals surface area contributed by atoms with E-state index in [9.17, 15) is 4.79 Å². The Kier molecular flexibility index (Phi) is 6.33. The van der Waals surface area contributed by atoms with Crippen molar-refractivity contribution in [1.29, 1.82) is 0 Å². The van der Waals surface area contributed by atoms with Crippen LogP contribution in [-0.4, -0.2) is 10.8 Å². The number of carbonyl (C=O) groups is 1. The van der Waals surface area contributed by atoms with Crippen LogP contribution in [0.2, 0.25) is 0 Å². The largest absolute Gasteiger partial charge is 0.440 e. The van der Waals surface area contributed by atoms with E-state index in [0.717, 1.165) is 47.4 Å². The molecule has 3 nitrogen and oxygen atoms in total. The average Bonchev–Trinajstić information content (AvgIpc) is 3.04. The van der Waals surface area contributed by atoms with Gasteiger partial charge in [-0.3, -0.25) is 4.79 Å². The number of Topliss-reactive ketones (excluding diaryl/α,β-unsaturated/α-hetero) is 1. The van der Waals surface area contributed by atoms with Gasteiger partial charge < -0.3 is 4.42 Å². The summed E-state index contributed by atoms with van der Waals surface area (Å²) in [6, 6.07) is 14.5. The van der Waals surface area contributed by atoms with Gasteiger partial charge in [-0.05, 0) is 40.7 Å². The number of nitrogens with zero attached hydrogens (tertiary/aromatic N) is 1. The fourth-order valence-corrected chi connectivity index (χ4v) is 3.36. The molecule has 0 atom stereocenters. The fraction of sp³-hybridized carbons (Fsp3) is 0.440. The number of unbranched alkanes of at least 4 members (excludes halogenated alkanes) is 2. The topological polar surface area (TPSA) is 43.1 Å². The van der Waals surface area contributed by atoms with E-state index >= 15 is 0 Å². The van der Waals surface area contributed by atoms with E-state index in [1.54, 1.807) is 0 Å². The van der Waals surface area contributed by atoms with Gasteiger partial charge in [0.15, 0.2) is 11.5 Å². The highest BCUT2D eigenvalue weighted by molar-refractivity contribution is 5.80. The van der Waals surface area contributed by atoms with Crippen molar-refractivity contribution in [2.45, 2.75) is 71.6 Å². The summed E-state index contributed by atoms with van der Waals surface area (Å²) in [6.07, 6.45) is 5.16. The van der Waals surface area contributed by atoms with E-state index in [1.165, 1.54) is 5.56 Å². The zero-order valence-corrected chi connectivity index (χ0v) is 17.5. The first-order valence-electron chi connectivity index (χ1n) is 10.3. The lowest BCUT2D eigenvalue weighted by Crippen LogP contribution is -2.10. The number of fused-ring (bicyclic) bond motifs is 1. The second-order valence-electron chi connectivity index (χ2n) is 8.71. The van der Waals surface area contributed by atoms with Gasteiger partial charge in [-0.15, -0.1) is 0 Å². The third-order valence-corrected chi connectivity index (χ3v) is 5.14. The van der Waals surface area contributed by atoms with Crippen molar-refractivity contribution in [3.8, 4) is 0 Å². The highest BCUT2D eigenvalue weighted by Crippen LogP contribution is 2.27. The Morgan fingerprint density at radius 2 is 1.71 bits per heavy atom. The van der Waals surface area contributed by atoms with Gasteiger partial charge in [0.2, 0.25) is 0 Å². The molecule has 2 aromatic carbocycles. The molecule has 3 aromatic rings. The number of benzene rings is 2. The number of aromatic nitrogens is 1. The minimum atomic E-state index is 0.0944. The van der Waals surface area contributed by atoms with E-state index in [4.69, 9.17) is 4.42 Å². The number of hydrogen-bond donors (Lipinski definition) is 0. The van der Waals surface area contributed by atoms with Crippen molar-refractivity contribution in [1.82, 2.24) is 4.98 Å². The summed E-state index contributed by atoms with van der Waals surface area (Å²) in [5.74, 6) is 1.05. The van der Waals surface area contributed by atoms with Gasteiger partial charge in [-0.25, -0.2) is 4.98 Å². The monoisotopic (exact) mass is 377 g/mol. The Labute approximate surface area is 168 Å². The number of hydrogen-bond acceptors (Lipinski definition) is 3. The highest BCUT2D eigenvalue weighted by Gasteiger charge is 2.16. The van der Waals surface area contributed by atoms with Crippen LogP contribution in [0.25, 0.3) is 11.1 Å². The molecular weight excluding hydrogens is 346 g/mol. The molecule has 148 valence electrons. The number of carbonyl (C=O) groups excluding carboxylic acids is 1. The van der Waals surface area contributed by atoms with E-state index in [1.807, 2.05) is 18.2 Å². The molecule has 0 aliphatic heterocycles. The Morgan fingerprint density at radius 1 is 1.00 bits per heavy atom. The van der Waals surface area contributed by atoms with Crippen molar-refractivity contribution in [2.24, 2.45) is 0 Å². The van der Waals surface area contributed by atoms with Crippen LogP contribution in [0.4, 0.5) is 0 Å². The molecule has 28 heavy (non-hydrogen) atoms. The molecule has 0 amide bonds. The summed E-state index contributed by atoms with van der Waals surface area (Å²) in [4.78, 5) is 16.7. The second-order valence-corrected chi connectivity index (χ2v) is 8.71. The summed E-state index contributed by atoms with van der Waals surface area (Å²) in [5, 5.41) is 0. The SMILES string of the molecule is CCCCCC(=O)Cc1ccc(Cc2nc3cc(C(C)(C)C)ccc3o2)cc1. The maximum Gasteiger partial charge on any atom is 0.199 e. The first kappa shape index (κ1) is 20.3. The van der Waals surface area contributed by atoms with Crippen molar-refractivity contribution in [3.05, 3.63) is 65.0 Å². The molecule has 0 aliphatic rings. The summed E-state index contributed by atoms with van der Waals surface area (Å²) in [7, 11) is 0. The van der Waals surface area contributed by atoms with Gasteiger partial charge in [-0.1, -0.05) is 70.9 Å². The minimum Gasteiger partial charge on any atom is -0.440 e. The molecule has 0 unspecified atom stereocenters. The van der Waals surface area contributed by atoms with E-state index in [-0.39, 0.29) is 5.41 Å². The number of oxazole rings is 1.